The van der Waals surface area contributed by atoms with Crippen molar-refractivity contribution >= 4 is 11.8 Å². The Morgan fingerprint density at radius 1 is 0.926 bits per heavy atom. The van der Waals surface area contributed by atoms with Gasteiger partial charge in [-0.2, -0.15) is 0 Å². The maximum absolute atomic E-state index is 13.5. The third-order valence-corrected chi connectivity index (χ3v) is 4.58. The van der Waals surface area contributed by atoms with Gasteiger partial charge in [-0.1, -0.05) is 12.1 Å². The highest BCUT2D eigenvalue weighted by Crippen LogP contribution is 2.22. The average Bonchev–Trinajstić information content (AvgIpc) is 2.69. The molecule has 27 heavy (non-hydrogen) atoms. The van der Waals surface area contributed by atoms with E-state index in [4.69, 9.17) is 4.74 Å². The van der Waals surface area contributed by atoms with Crippen molar-refractivity contribution < 1.29 is 23.1 Å². The monoisotopic (exact) mass is 374 g/mol. The molecular weight excluding hydrogens is 354 g/mol. The predicted molar refractivity (Wildman–Crippen MR) is 95.5 cm³/mol. The maximum atomic E-state index is 13.5. The standard InChI is InChI=1S/C20H20F2N2O3/c1-27-18-7-6-16(22)13-17(18)20(26)24-10-8-23(9-11-24)19(25)12-14-2-4-15(21)5-3-14/h2-7,13H,8-12H2,1H3. The number of carbonyl (C=O) groups excluding carboxylic acids is 2. The molecule has 0 unspecified atom stereocenters. The van der Waals surface area contributed by atoms with Gasteiger partial charge in [-0.25, -0.2) is 8.78 Å². The first-order valence-corrected chi connectivity index (χ1v) is 8.63. The summed E-state index contributed by atoms with van der Waals surface area (Å²) >= 11 is 0. The summed E-state index contributed by atoms with van der Waals surface area (Å²) in [6.07, 6.45) is 0.186. The van der Waals surface area contributed by atoms with Crippen LogP contribution in [0.5, 0.6) is 5.75 Å². The SMILES string of the molecule is COc1ccc(F)cc1C(=O)N1CCN(C(=O)Cc2ccc(F)cc2)CC1. The molecule has 2 aromatic rings. The number of rotatable bonds is 4. The highest BCUT2D eigenvalue weighted by Gasteiger charge is 2.26. The maximum Gasteiger partial charge on any atom is 0.257 e. The van der Waals surface area contributed by atoms with Gasteiger partial charge in [0.1, 0.15) is 17.4 Å². The number of methoxy groups -OCH3 is 1. The summed E-state index contributed by atoms with van der Waals surface area (Å²) < 4.78 is 31.6. The van der Waals surface area contributed by atoms with E-state index in [-0.39, 0.29) is 29.6 Å². The second kappa shape index (κ2) is 8.16. The zero-order valence-electron chi connectivity index (χ0n) is 15.0. The van der Waals surface area contributed by atoms with Gasteiger partial charge in [0.05, 0.1) is 19.1 Å². The van der Waals surface area contributed by atoms with Crippen molar-refractivity contribution in [2.75, 3.05) is 33.3 Å². The Hall–Kier alpha value is -2.96. The smallest absolute Gasteiger partial charge is 0.257 e. The molecule has 7 heteroatoms. The minimum Gasteiger partial charge on any atom is -0.496 e. The second-order valence-electron chi connectivity index (χ2n) is 6.32. The molecule has 1 heterocycles. The lowest BCUT2D eigenvalue weighted by atomic mass is 10.1. The number of hydrogen-bond acceptors (Lipinski definition) is 3. The summed E-state index contributed by atoms with van der Waals surface area (Å²) in [5, 5.41) is 0. The number of nitrogens with zero attached hydrogens (tertiary/aromatic N) is 2. The third kappa shape index (κ3) is 4.42. The highest BCUT2D eigenvalue weighted by molar-refractivity contribution is 5.97. The van der Waals surface area contributed by atoms with Crippen LogP contribution in [0.1, 0.15) is 15.9 Å². The summed E-state index contributed by atoms with van der Waals surface area (Å²) in [7, 11) is 1.43. The van der Waals surface area contributed by atoms with Crippen LogP contribution in [-0.4, -0.2) is 54.9 Å². The number of piperazine rings is 1. The molecule has 0 N–H and O–H groups in total. The molecule has 1 saturated heterocycles. The van der Waals surface area contributed by atoms with E-state index in [2.05, 4.69) is 0 Å². The van der Waals surface area contributed by atoms with E-state index in [1.165, 1.54) is 31.4 Å². The Morgan fingerprint density at radius 2 is 1.52 bits per heavy atom. The molecule has 1 aliphatic heterocycles. The fourth-order valence-electron chi connectivity index (χ4n) is 3.07. The van der Waals surface area contributed by atoms with Gasteiger partial charge in [0.2, 0.25) is 5.91 Å². The van der Waals surface area contributed by atoms with Gasteiger partial charge in [0, 0.05) is 26.2 Å². The van der Waals surface area contributed by atoms with E-state index in [1.807, 2.05) is 0 Å². The first-order chi connectivity index (χ1) is 13.0. The van der Waals surface area contributed by atoms with Crippen LogP contribution < -0.4 is 4.74 Å². The van der Waals surface area contributed by atoms with E-state index >= 15 is 0 Å². The Bertz CT molecular complexity index is 832. The number of hydrogen-bond donors (Lipinski definition) is 0. The molecule has 0 atom stereocenters. The molecule has 0 saturated carbocycles. The molecule has 2 aromatic carbocycles. The van der Waals surface area contributed by atoms with Gasteiger partial charge in [-0.3, -0.25) is 9.59 Å². The largest absolute Gasteiger partial charge is 0.496 e. The molecule has 0 radical (unpaired) electrons. The quantitative estimate of drug-likeness (QED) is 0.826. The Morgan fingerprint density at radius 3 is 2.15 bits per heavy atom. The highest BCUT2D eigenvalue weighted by atomic mass is 19.1. The number of halogens is 2. The van der Waals surface area contributed by atoms with Crippen LogP contribution in [0.25, 0.3) is 0 Å². The van der Waals surface area contributed by atoms with Crippen LogP contribution in [0.15, 0.2) is 42.5 Å². The fourth-order valence-corrected chi connectivity index (χ4v) is 3.07. The Labute approximate surface area is 156 Å². The molecule has 5 nitrogen and oxygen atoms in total. The zero-order chi connectivity index (χ0) is 19.4. The van der Waals surface area contributed by atoms with Crippen LogP contribution in [0.4, 0.5) is 8.78 Å². The normalized spacial score (nSPS) is 14.2. The molecule has 142 valence electrons. The molecular formula is C20H20F2N2O3. The molecule has 1 fully saturated rings. The molecule has 2 amide bonds. The molecule has 0 aliphatic carbocycles. The zero-order valence-corrected chi connectivity index (χ0v) is 15.0. The number of amides is 2. The third-order valence-electron chi connectivity index (χ3n) is 4.58. The molecule has 0 aromatic heterocycles. The Balaban J connectivity index is 1.60. The lowest BCUT2D eigenvalue weighted by molar-refractivity contribution is -0.131. The van der Waals surface area contributed by atoms with Crippen LogP contribution >= 0.6 is 0 Å². The molecule has 0 spiro atoms. The van der Waals surface area contributed by atoms with Gasteiger partial charge >= 0.3 is 0 Å². The number of benzene rings is 2. The fraction of sp³-hybridized carbons (Fsp3) is 0.300. The summed E-state index contributed by atoms with van der Waals surface area (Å²) in [6, 6.07) is 9.64. The van der Waals surface area contributed by atoms with Crippen molar-refractivity contribution in [3.63, 3.8) is 0 Å². The molecule has 1 aliphatic rings. The van der Waals surface area contributed by atoms with Gasteiger partial charge in [-0.15, -0.1) is 0 Å². The van der Waals surface area contributed by atoms with Crippen molar-refractivity contribution in [2.24, 2.45) is 0 Å². The van der Waals surface area contributed by atoms with E-state index in [1.54, 1.807) is 21.9 Å². The predicted octanol–water partition coefficient (Wildman–Crippen LogP) is 2.50. The van der Waals surface area contributed by atoms with E-state index in [9.17, 15) is 18.4 Å². The van der Waals surface area contributed by atoms with E-state index in [0.29, 0.717) is 31.9 Å². The number of ether oxygens (including phenoxy) is 1. The first-order valence-electron chi connectivity index (χ1n) is 8.63. The van der Waals surface area contributed by atoms with E-state index in [0.717, 1.165) is 11.6 Å². The summed E-state index contributed by atoms with van der Waals surface area (Å²) in [5.74, 6) is -0.927. The summed E-state index contributed by atoms with van der Waals surface area (Å²) in [4.78, 5) is 28.3. The molecule has 0 bridgehead atoms. The first kappa shape index (κ1) is 18.8. The number of carbonyl (C=O) groups is 2. The van der Waals surface area contributed by atoms with Crippen molar-refractivity contribution in [1.82, 2.24) is 9.80 Å². The minimum atomic E-state index is -0.507. The van der Waals surface area contributed by atoms with Crippen molar-refractivity contribution in [3.05, 3.63) is 65.2 Å². The van der Waals surface area contributed by atoms with Crippen LogP contribution in [-0.2, 0) is 11.2 Å². The van der Waals surface area contributed by atoms with Crippen molar-refractivity contribution in [1.29, 1.82) is 0 Å². The minimum absolute atomic E-state index is 0.0722. The van der Waals surface area contributed by atoms with Crippen molar-refractivity contribution in [2.45, 2.75) is 6.42 Å². The summed E-state index contributed by atoms with van der Waals surface area (Å²) in [6.45, 7) is 1.49. The van der Waals surface area contributed by atoms with Crippen molar-refractivity contribution in [3.8, 4) is 5.75 Å². The molecule has 3 rings (SSSR count). The second-order valence-corrected chi connectivity index (χ2v) is 6.32. The van der Waals surface area contributed by atoms with Crippen LogP contribution in [0, 0.1) is 11.6 Å². The van der Waals surface area contributed by atoms with Crippen LogP contribution in [0.2, 0.25) is 0 Å². The lowest BCUT2D eigenvalue weighted by Gasteiger charge is -2.35. The van der Waals surface area contributed by atoms with Crippen LogP contribution in [0.3, 0.4) is 0 Å². The average molecular weight is 374 g/mol. The lowest BCUT2D eigenvalue weighted by Crippen LogP contribution is -2.51. The van der Waals surface area contributed by atoms with Gasteiger partial charge in [-0.05, 0) is 35.9 Å². The van der Waals surface area contributed by atoms with Gasteiger partial charge in [0.25, 0.3) is 5.91 Å². The van der Waals surface area contributed by atoms with E-state index < -0.39 is 5.82 Å². The van der Waals surface area contributed by atoms with Gasteiger partial charge in [0.15, 0.2) is 0 Å². The van der Waals surface area contributed by atoms with Gasteiger partial charge < -0.3 is 14.5 Å². The summed E-state index contributed by atoms with van der Waals surface area (Å²) in [5.41, 5.74) is 0.910. The topological polar surface area (TPSA) is 49.9 Å². The Kier molecular flexibility index (Phi) is 5.69.